The van der Waals surface area contributed by atoms with E-state index in [0.717, 1.165) is 0 Å². The average Bonchev–Trinajstić information content (AvgIpc) is 2.47. The van der Waals surface area contributed by atoms with Crippen LogP contribution in [-0.2, 0) is 0 Å². The third-order valence-corrected chi connectivity index (χ3v) is 2.91. The van der Waals surface area contributed by atoms with Crippen LogP contribution in [0.25, 0.3) is 0 Å². The summed E-state index contributed by atoms with van der Waals surface area (Å²) in [4.78, 5) is 12.1. The van der Waals surface area contributed by atoms with E-state index in [0.29, 0.717) is 16.3 Å². The number of anilines is 1. The number of hydrogen-bond acceptors (Lipinski definition) is 2. The maximum atomic E-state index is 13.6. The topological polar surface area (TPSA) is 55.1 Å². The van der Waals surface area contributed by atoms with Gasteiger partial charge in [0.1, 0.15) is 5.82 Å². The third-order valence-electron chi connectivity index (χ3n) is 2.67. The van der Waals surface area contributed by atoms with Crippen LogP contribution in [0, 0.1) is 17.7 Å². The van der Waals surface area contributed by atoms with Crippen LogP contribution in [-0.4, -0.2) is 12.5 Å². The molecule has 5 heteroatoms. The minimum Gasteiger partial charge on any atom is -0.321 e. The number of benzene rings is 2. The summed E-state index contributed by atoms with van der Waals surface area (Å²) in [5, 5.41) is 3.05. The Morgan fingerprint density at radius 2 is 2.05 bits per heavy atom. The Hall–Kier alpha value is -2.35. The first kappa shape index (κ1) is 15.0. The van der Waals surface area contributed by atoms with Crippen molar-refractivity contribution in [2.75, 3.05) is 11.9 Å². The van der Waals surface area contributed by atoms with E-state index in [2.05, 4.69) is 17.2 Å². The van der Waals surface area contributed by atoms with Crippen LogP contribution < -0.4 is 11.1 Å². The van der Waals surface area contributed by atoms with Gasteiger partial charge in [-0.05, 0) is 30.3 Å². The second-order valence-electron chi connectivity index (χ2n) is 4.13. The van der Waals surface area contributed by atoms with Gasteiger partial charge in [-0.15, -0.1) is 0 Å². The Labute approximate surface area is 126 Å². The van der Waals surface area contributed by atoms with Gasteiger partial charge < -0.3 is 11.1 Å². The molecular weight excluding hydrogens is 291 g/mol. The van der Waals surface area contributed by atoms with Crippen LogP contribution in [0.5, 0.6) is 0 Å². The number of carbonyl (C=O) groups is 1. The zero-order valence-corrected chi connectivity index (χ0v) is 11.7. The lowest BCUT2D eigenvalue weighted by molar-refractivity contribution is 0.102. The molecule has 0 aromatic heterocycles. The summed E-state index contributed by atoms with van der Waals surface area (Å²) in [5.74, 6) is 4.37. The van der Waals surface area contributed by atoms with E-state index in [1.165, 1.54) is 18.2 Å². The molecule has 0 atom stereocenters. The number of nitrogens with one attached hydrogen (secondary N) is 1. The van der Waals surface area contributed by atoms with E-state index in [1.807, 2.05) is 0 Å². The summed E-state index contributed by atoms with van der Waals surface area (Å²) in [7, 11) is 0. The Morgan fingerprint density at radius 1 is 1.29 bits per heavy atom. The number of amides is 1. The lowest BCUT2D eigenvalue weighted by Crippen LogP contribution is -2.14. The first-order chi connectivity index (χ1) is 10.1. The number of halogens is 2. The molecule has 1 amide bonds. The van der Waals surface area contributed by atoms with Crippen molar-refractivity contribution in [3.8, 4) is 11.8 Å². The van der Waals surface area contributed by atoms with Crippen molar-refractivity contribution in [1.82, 2.24) is 0 Å². The van der Waals surface area contributed by atoms with Gasteiger partial charge >= 0.3 is 0 Å². The van der Waals surface area contributed by atoms with Gasteiger partial charge in [0.05, 0.1) is 17.8 Å². The molecule has 0 fully saturated rings. The van der Waals surface area contributed by atoms with Crippen LogP contribution in [0.15, 0.2) is 42.5 Å². The quantitative estimate of drug-likeness (QED) is 0.838. The van der Waals surface area contributed by atoms with Gasteiger partial charge in [-0.3, -0.25) is 4.79 Å². The molecule has 0 unspecified atom stereocenters. The Bertz CT molecular complexity index is 735. The normalized spacial score (nSPS) is 9.67. The maximum Gasteiger partial charge on any atom is 0.258 e. The second-order valence-corrected chi connectivity index (χ2v) is 4.57. The zero-order chi connectivity index (χ0) is 15.2. The zero-order valence-electron chi connectivity index (χ0n) is 11.0. The molecule has 3 N–H and O–H groups in total. The van der Waals surface area contributed by atoms with Gasteiger partial charge in [0.25, 0.3) is 5.91 Å². The summed E-state index contributed by atoms with van der Waals surface area (Å²) in [6.45, 7) is 0.198. The molecule has 21 heavy (non-hydrogen) atoms. The van der Waals surface area contributed by atoms with Crippen molar-refractivity contribution in [3.05, 3.63) is 64.4 Å². The molecule has 0 saturated heterocycles. The molecule has 106 valence electrons. The molecule has 0 radical (unpaired) electrons. The van der Waals surface area contributed by atoms with Crippen molar-refractivity contribution in [2.45, 2.75) is 0 Å². The molecule has 0 saturated carbocycles. The number of rotatable bonds is 2. The van der Waals surface area contributed by atoms with Crippen LogP contribution in [0.3, 0.4) is 0 Å². The largest absolute Gasteiger partial charge is 0.321 e. The summed E-state index contributed by atoms with van der Waals surface area (Å²) in [5.41, 5.74) is 6.26. The fourth-order valence-electron chi connectivity index (χ4n) is 1.71. The standard InChI is InChI=1S/C16H12ClFN2O/c17-12-8-7-11(4-3-9-19)15(10-12)20-16(21)13-5-1-2-6-14(13)18/h1-2,5-8,10H,9,19H2,(H,20,21). The van der Waals surface area contributed by atoms with E-state index in [1.54, 1.807) is 24.3 Å². The molecule has 0 bridgehead atoms. The monoisotopic (exact) mass is 302 g/mol. The van der Waals surface area contributed by atoms with Gasteiger partial charge in [-0.25, -0.2) is 4.39 Å². The van der Waals surface area contributed by atoms with Gasteiger partial charge in [0.15, 0.2) is 0 Å². The van der Waals surface area contributed by atoms with E-state index < -0.39 is 11.7 Å². The highest BCUT2D eigenvalue weighted by Gasteiger charge is 2.12. The number of nitrogens with two attached hydrogens (primary N) is 1. The van der Waals surface area contributed by atoms with Crippen LogP contribution >= 0.6 is 11.6 Å². The highest BCUT2D eigenvalue weighted by atomic mass is 35.5. The van der Waals surface area contributed by atoms with Crippen molar-refractivity contribution >= 4 is 23.2 Å². The highest BCUT2D eigenvalue weighted by molar-refractivity contribution is 6.31. The lowest BCUT2D eigenvalue weighted by atomic mass is 10.1. The van der Waals surface area contributed by atoms with Crippen LogP contribution in [0.4, 0.5) is 10.1 Å². The van der Waals surface area contributed by atoms with Crippen LogP contribution in [0.2, 0.25) is 5.02 Å². The van der Waals surface area contributed by atoms with Crippen LogP contribution in [0.1, 0.15) is 15.9 Å². The third kappa shape index (κ3) is 3.82. The summed E-state index contributed by atoms with van der Waals surface area (Å²) in [6, 6.07) is 10.6. The molecule has 2 rings (SSSR count). The van der Waals surface area contributed by atoms with E-state index in [4.69, 9.17) is 17.3 Å². The van der Waals surface area contributed by atoms with Gasteiger partial charge in [-0.2, -0.15) is 0 Å². The number of carbonyl (C=O) groups excluding carboxylic acids is 1. The minimum atomic E-state index is -0.591. The predicted molar refractivity (Wildman–Crippen MR) is 81.7 cm³/mol. The summed E-state index contributed by atoms with van der Waals surface area (Å²) in [6.07, 6.45) is 0. The fraction of sp³-hybridized carbons (Fsp3) is 0.0625. The molecule has 0 spiro atoms. The van der Waals surface area contributed by atoms with E-state index in [9.17, 15) is 9.18 Å². The van der Waals surface area contributed by atoms with E-state index >= 15 is 0 Å². The Balaban J connectivity index is 2.33. The molecule has 0 aliphatic heterocycles. The lowest BCUT2D eigenvalue weighted by Gasteiger charge is -2.08. The number of hydrogen-bond donors (Lipinski definition) is 2. The minimum absolute atomic E-state index is 0.0461. The van der Waals surface area contributed by atoms with Crippen molar-refractivity contribution in [1.29, 1.82) is 0 Å². The summed E-state index contributed by atoms with van der Waals surface area (Å²) >= 11 is 5.91. The maximum absolute atomic E-state index is 13.6. The molecule has 0 aliphatic rings. The SMILES string of the molecule is NCC#Cc1ccc(Cl)cc1NC(=O)c1ccccc1F. The molecule has 0 aliphatic carbocycles. The van der Waals surface area contributed by atoms with E-state index in [-0.39, 0.29) is 12.1 Å². The first-order valence-electron chi connectivity index (χ1n) is 6.16. The highest BCUT2D eigenvalue weighted by Crippen LogP contribution is 2.21. The van der Waals surface area contributed by atoms with Gasteiger partial charge in [0.2, 0.25) is 0 Å². The Morgan fingerprint density at radius 3 is 2.76 bits per heavy atom. The van der Waals surface area contributed by atoms with Crippen molar-refractivity contribution in [2.24, 2.45) is 5.73 Å². The second kappa shape index (κ2) is 6.89. The molecular formula is C16H12ClFN2O. The van der Waals surface area contributed by atoms with Gasteiger partial charge in [-0.1, -0.05) is 35.6 Å². The Kier molecular flexibility index (Phi) is 4.94. The van der Waals surface area contributed by atoms with Gasteiger partial charge in [0, 0.05) is 10.6 Å². The van der Waals surface area contributed by atoms with Crippen molar-refractivity contribution < 1.29 is 9.18 Å². The first-order valence-corrected chi connectivity index (χ1v) is 6.54. The molecule has 2 aromatic rings. The molecule has 2 aromatic carbocycles. The molecule has 3 nitrogen and oxygen atoms in total. The average molecular weight is 303 g/mol. The molecule has 0 heterocycles. The predicted octanol–water partition coefficient (Wildman–Crippen LogP) is 3.04. The van der Waals surface area contributed by atoms with Crippen molar-refractivity contribution in [3.63, 3.8) is 0 Å². The smallest absolute Gasteiger partial charge is 0.258 e. The fourth-order valence-corrected chi connectivity index (χ4v) is 1.88. The summed E-state index contributed by atoms with van der Waals surface area (Å²) < 4.78 is 13.6.